The Hall–Kier alpha value is -4.06. The van der Waals surface area contributed by atoms with Gasteiger partial charge in [-0.2, -0.15) is 5.10 Å². The highest BCUT2D eigenvalue weighted by Crippen LogP contribution is 2.32. The number of rotatable bonds is 8. The second-order valence-corrected chi connectivity index (χ2v) is 8.41. The maximum atomic E-state index is 13.7. The Bertz CT molecular complexity index is 1230. The Kier molecular flexibility index (Phi) is 6.97. The average molecular weight is 455 g/mol. The second-order valence-electron chi connectivity index (χ2n) is 8.41. The summed E-state index contributed by atoms with van der Waals surface area (Å²) >= 11 is 0. The SMILES string of the molecule is COc1ccc(C(=O)N(Cc2ccccc2)Cc2c(-c3ccccc3)nn(C)c2N(C)C)cc1. The fourth-order valence-electron chi connectivity index (χ4n) is 4.20. The largest absolute Gasteiger partial charge is 0.497 e. The standard InChI is InChI=1S/C28H30N4O2/c1-30(2)27-25(26(29-31(27)3)22-13-9-6-10-14-22)20-32(19-21-11-7-5-8-12-21)28(33)23-15-17-24(34-4)18-16-23/h5-18H,19-20H2,1-4H3. The molecule has 6 nitrogen and oxygen atoms in total. The molecule has 0 saturated heterocycles. The van der Waals surface area contributed by atoms with Crippen molar-refractivity contribution in [3.05, 3.63) is 102 Å². The topological polar surface area (TPSA) is 50.6 Å². The number of methoxy groups -OCH3 is 1. The number of ether oxygens (including phenoxy) is 1. The summed E-state index contributed by atoms with van der Waals surface area (Å²) in [6, 6.07) is 27.4. The van der Waals surface area contributed by atoms with E-state index in [1.54, 1.807) is 7.11 Å². The molecule has 6 heteroatoms. The first-order valence-electron chi connectivity index (χ1n) is 11.2. The Morgan fingerprint density at radius 3 is 2.09 bits per heavy atom. The fraction of sp³-hybridized carbons (Fsp3) is 0.214. The van der Waals surface area contributed by atoms with Gasteiger partial charge in [0.05, 0.1) is 19.3 Å². The van der Waals surface area contributed by atoms with Gasteiger partial charge >= 0.3 is 0 Å². The summed E-state index contributed by atoms with van der Waals surface area (Å²) in [5.41, 5.74) is 4.61. The maximum absolute atomic E-state index is 13.7. The van der Waals surface area contributed by atoms with E-state index in [9.17, 15) is 4.79 Å². The molecule has 0 radical (unpaired) electrons. The smallest absolute Gasteiger partial charge is 0.254 e. The third-order valence-corrected chi connectivity index (χ3v) is 5.77. The lowest BCUT2D eigenvalue weighted by atomic mass is 10.1. The quantitative estimate of drug-likeness (QED) is 0.376. The van der Waals surface area contributed by atoms with E-state index in [4.69, 9.17) is 9.84 Å². The minimum Gasteiger partial charge on any atom is -0.497 e. The lowest BCUT2D eigenvalue weighted by Crippen LogP contribution is -2.31. The van der Waals surface area contributed by atoms with Crippen molar-refractivity contribution in [1.29, 1.82) is 0 Å². The number of anilines is 1. The first kappa shape index (κ1) is 23.1. The van der Waals surface area contributed by atoms with Crippen LogP contribution in [0.1, 0.15) is 21.5 Å². The molecule has 4 aromatic rings. The van der Waals surface area contributed by atoms with Gasteiger partial charge < -0.3 is 14.5 Å². The molecule has 0 fully saturated rings. The van der Waals surface area contributed by atoms with Crippen LogP contribution in [-0.4, -0.2) is 41.8 Å². The number of aryl methyl sites for hydroxylation is 1. The zero-order chi connectivity index (χ0) is 24.1. The number of hydrogen-bond donors (Lipinski definition) is 0. The summed E-state index contributed by atoms with van der Waals surface area (Å²) < 4.78 is 7.15. The lowest BCUT2D eigenvalue weighted by molar-refractivity contribution is 0.0730. The van der Waals surface area contributed by atoms with Gasteiger partial charge in [-0.25, -0.2) is 0 Å². The highest BCUT2D eigenvalue weighted by molar-refractivity contribution is 5.94. The first-order valence-corrected chi connectivity index (χ1v) is 11.2. The van der Waals surface area contributed by atoms with Crippen molar-refractivity contribution in [2.45, 2.75) is 13.1 Å². The van der Waals surface area contributed by atoms with Crippen LogP contribution in [0.15, 0.2) is 84.9 Å². The van der Waals surface area contributed by atoms with E-state index in [0.29, 0.717) is 18.7 Å². The molecule has 4 rings (SSSR count). The second kappa shape index (κ2) is 10.3. The van der Waals surface area contributed by atoms with Gasteiger partial charge in [-0.05, 0) is 29.8 Å². The molecule has 0 bridgehead atoms. The summed E-state index contributed by atoms with van der Waals surface area (Å²) in [6.07, 6.45) is 0. The van der Waals surface area contributed by atoms with Crippen molar-refractivity contribution in [1.82, 2.24) is 14.7 Å². The summed E-state index contributed by atoms with van der Waals surface area (Å²) in [5.74, 6) is 1.65. The molecule has 0 aliphatic rings. The van der Waals surface area contributed by atoms with Crippen LogP contribution in [-0.2, 0) is 20.1 Å². The molecule has 0 unspecified atom stereocenters. The molecular formula is C28H30N4O2. The average Bonchev–Trinajstić information content (AvgIpc) is 3.20. The van der Waals surface area contributed by atoms with Crippen LogP contribution >= 0.6 is 0 Å². The third kappa shape index (κ3) is 4.96. The van der Waals surface area contributed by atoms with E-state index < -0.39 is 0 Å². The van der Waals surface area contributed by atoms with Crippen LogP contribution in [0, 0.1) is 0 Å². The Morgan fingerprint density at radius 2 is 1.50 bits per heavy atom. The van der Waals surface area contributed by atoms with Gasteiger partial charge in [0.15, 0.2) is 0 Å². The van der Waals surface area contributed by atoms with Gasteiger partial charge in [0.1, 0.15) is 11.6 Å². The Balaban J connectivity index is 1.77. The van der Waals surface area contributed by atoms with Crippen LogP contribution in [0.3, 0.4) is 0 Å². The monoisotopic (exact) mass is 454 g/mol. The van der Waals surface area contributed by atoms with Crippen LogP contribution < -0.4 is 9.64 Å². The van der Waals surface area contributed by atoms with Crippen molar-refractivity contribution < 1.29 is 9.53 Å². The van der Waals surface area contributed by atoms with Gasteiger partial charge in [0.25, 0.3) is 5.91 Å². The highest BCUT2D eigenvalue weighted by Gasteiger charge is 2.25. The van der Waals surface area contributed by atoms with Crippen LogP contribution in [0.4, 0.5) is 5.82 Å². The van der Waals surface area contributed by atoms with Crippen molar-refractivity contribution in [2.75, 3.05) is 26.1 Å². The summed E-state index contributed by atoms with van der Waals surface area (Å²) in [6.45, 7) is 0.910. The number of carbonyl (C=O) groups excluding carboxylic acids is 1. The van der Waals surface area contributed by atoms with E-state index in [0.717, 1.165) is 34.0 Å². The van der Waals surface area contributed by atoms with Gasteiger partial charge in [0, 0.05) is 44.4 Å². The van der Waals surface area contributed by atoms with Crippen molar-refractivity contribution in [3.8, 4) is 17.0 Å². The maximum Gasteiger partial charge on any atom is 0.254 e. The Labute approximate surface area is 201 Å². The van der Waals surface area contributed by atoms with Crippen molar-refractivity contribution >= 4 is 11.7 Å². The minimum absolute atomic E-state index is 0.0425. The molecule has 0 spiro atoms. The Morgan fingerprint density at radius 1 is 0.882 bits per heavy atom. The molecule has 174 valence electrons. The fourth-order valence-corrected chi connectivity index (χ4v) is 4.20. The lowest BCUT2D eigenvalue weighted by Gasteiger charge is -2.25. The molecule has 0 aliphatic carbocycles. The predicted octanol–water partition coefficient (Wildman–Crippen LogP) is 5.00. The number of hydrogen-bond acceptors (Lipinski definition) is 4. The van der Waals surface area contributed by atoms with E-state index in [2.05, 4.69) is 12.1 Å². The predicted molar refractivity (Wildman–Crippen MR) is 136 cm³/mol. The number of carbonyl (C=O) groups is 1. The van der Waals surface area contributed by atoms with Crippen LogP contribution in [0.25, 0.3) is 11.3 Å². The summed E-state index contributed by atoms with van der Waals surface area (Å²) in [4.78, 5) is 17.7. The van der Waals surface area contributed by atoms with Crippen molar-refractivity contribution in [2.24, 2.45) is 7.05 Å². The molecule has 1 amide bonds. The van der Waals surface area contributed by atoms with Gasteiger partial charge in [0.2, 0.25) is 0 Å². The highest BCUT2D eigenvalue weighted by atomic mass is 16.5. The van der Waals surface area contributed by atoms with Gasteiger partial charge in [-0.3, -0.25) is 9.48 Å². The van der Waals surface area contributed by atoms with Gasteiger partial charge in [-0.1, -0.05) is 60.7 Å². The first-order chi connectivity index (χ1) is 16.5. The molecule has 3 aromatic carbocycles. The third-order valence-electron chi connectivity index (χ3n) is 5.77. The number of aromatic nitrogens is 2. The van der Waals surface area contributed by atoms with E-state index in [-0.39, 0.29) is 5.91 Å². The van der Waals surface area contributed by atoms with Crippen molar-refractivity contribution in [3.63, 3.8) is 0 Å². The summed E-state index contributed by atoms with van der Waals surface area (Å²) in [7, 11) is 7.57. The molecule has 1 aromatic heterocycles. The normalized spacial score (nSPS) is 10.7. The molecule has 0 aliphatic heterocycles. The van der Waals surface area contributed by atoms with Crippen LogP contribution in [0.5, 0.6) is 5.75 Å². The molecule has 0 saturated carbocycles. The minimum atomic E-state index is -0.0425. The zero-order valence-electron chi connectivity index (χ0n) is 20.1. The molecule has 0 N–H and O–H groups in total. The van der Waals surface area contributed by atoms with E-state index in [1.165, 1.54) is 0 Å². The summed E-state index contributed by atoms with van der Waals surface area (Å²) in [5, 5.41) is 4.84. The van der Waals surface area contributed by atoms with E-state index >= 15 is 0 Å². The number of nitrogens with zero attached hydrogens (tertiary/aromatic N) is 4. The zero-order valence-corrected chi connectivity index (χ0v) is 20.1. The van der Waals surface area contributed by atoms with Crippen LogP contribution in [0.2, 0.25) is 0 Å². The number of amides is 1. The molecule has 0 atom stereocenters. The molecular weight excluding hydrogens is 424 g/mol. The van der Waals surface area contributed by atoms with Gasteiger partial charge in [-0.15, -0.1) is 0 Å². The molecule has 1 heterocycles. The number of benzene rings is 3. The molecule has 34 heavy (non-hydrogen) atoms. The van der Waals surface area contributed by atoms with E-state index in [1.807, 2.05) is 108 Å².